The van der Waals surface area contributed by atoms with Crippen LogP contribution in [0, 0.1) is 6.92 Å². The highest BCUT2D eigenvalue weighted by atomic mass is 16.1. The first-order chi connectivity index (χ1) is 9.06. The van der Waals surface area contributed by atoms with Crippen molar-refractivity contribution < 1.29 is 9.59 Å². The van der Waals surface area contributed by atoms with Gasteiger partial charge in [0, 0.05) is 23.7 Å². The van der Waals surface area contributed by atoms with Gasteiger partial charge in [0.15, 0.2) is 5.78 Å². The molecular formula is C16H15NO2. The molecule has 0 bridgehead atoms. The van der Waals surface area contributed by atoms with E-state index in [1.807, 2.05) is 25.1 Å². The van der Waals surface area contributed by atoms with Gasteiger partial charge < -0.3 is 5.32 Å². The van der Waals surface area contributed by atoms with Crippen molar-refractivity contribution in [3.63, 3.8) is 0 Å². The van der Waals surface area contributed by atoms with E-state index in [0.29, 0.717) is 16.8 Å². The molecule has 0 aliphatic rings. The van der Waals surface area contributed by atoms with Gasteiger partial charge >= 0.3 is 0 Å². The Labute approximate surface area is 112 Å². The van der Waals surface area contributed by atoms with Crippen molar-refractivity contribution in [1.29, 1.82) is 0 Å². The number of ketones is 1. The maximum Gasteiger partial charge on any atom is 0.221 e. The number of carbonyl (C=O) groups excluding carboxylic acids is 2. The third kappa shape index (κ3) is 3.28. The molecule has 2 aromatic rings. The minimum absolute atomic E-state index is 0.0157. The minimum atomic E-state index is -0.127. The molecule has 19 heavy (non-hydrogen) atoms. The molecule has 0 aliphatic heterocycles. The molecule has 1 N–H and O–H groups in total. The second-order valence-corrected chi connectivity index (χ2v) is 4.46. The first-order valence-corrected chi connectivity index (χ1v) is 6.05. The number of benzene rings is 2. The summed E-state index contributed by atoms with van der Waals surface area (Å²) < 4.78 is 0. The topological polar surface area (TPSA) is 46.2 Å². The Kier molecular flexibility index (Phi) is 3.76. The lowest BCUT2D eigenvalue weighted by Gasteiger charge is -2.05. The first-order valence-electron chi connectivity index (χ1n) is 6.05. The maximum absolute atomic E-state index is 12.2. The number of carbonyl (C=O) groups is 2. The number of hydrogen-bond donors (Lipinski definition) is 1. The summed E-state index contributed by atoms with van der Waals surface area (Å²) >= 11 is 0. The van der Waals surface area contributed by atoms with Crippen LogP contribution >= 0.6 is 0 Å². The highest BCUT2D eigenvalue weighted by Crippen LogP contribution is 2.14. The lowest BCUT2D eigenvalue weighted by atomic mass is 10.0. The highest BCUT2D eigenvalue weighted by molar-refractivity contribution is 6.09. The summed E-state index contributed by atoms with van der Waals surface area (Å²) in [6, 6.07) is 14.4. The number of amides is 1. The molecule has 0 aliphatic carbocycles. The molecule has 0 atom stereocenters. The van der Waals surface area contributed by atoms with Crippen LogP contribution in [0.15, 0.2) is 48.5 Å². The fourth-order valence-corrected chi connectivity index (χ4v) is 1.86. The molecular weight excluding hydrogens is 238 g/mol. The molecule has 2 rings (SSSR count). The standard InChI is InChI=1S/C16H15NO2/c1-11-4-3-5-14(10-11)16(19)13-6-8-15(9-7-13)17-12(2)18/h3-10H,1-2H3,(H,17,18). The van der Waals surface area contributed by atoms with E-state index in [4.69, 9.17) is 0 Å². The summed E-state index contributed by atoms with van der Waals surface area (Å²) in [4.78, 5) is 23.2. The summed E-state index contributed by atoms with van der Waals surface area (Å²) in [5.41, 5.74) is 3.03. The van der Waals surface area contributed by atoms with Crippen molar-refractivity contribution in [1.82, 2.24) is 0 Å². The normalized spacial score (nSPS) is 10.0. The first kappa shape index (κ1) is 13.0. The van der Waals surface area contributed by atoms with Gasteiger partial charge in [-0.2, -0.15) is 0 Å². The van der Waals surface area contributed by atoms with Crippen molar-refractivity contribution in [3.05, 3.63) is 65.2 Å². The number of anilines is 1. The van der Waals surface area contributed by atoms with Gasteiger partial charge in [-0.15, -0.1) is 0 Å². The molecule has 2 aromatic carbocycles. The van der Waals surface area contributed by atoms with Crippen LogP contribution in [0.3, 0.4) is 0 Å². The van der Waals surface area contributed by atoms with Crippen LogP contribution in [0.4, 0.5) is 5.69 Å². The summed E-state index contributed by atoms with van der Waals surface area (Å²) in [5, 5.41) is 2.67. The molecule has 0 fully saturated rings. The molecule has 0 saturated heterocycles. The van der Waals surface area contributed by atoms with E-state index in [9.17, 15) is 9.59 Å². The largest absolute Gasteiger partial charge is 0.326 e. The summed E-state index contributed by atoms with van der Waals surface area (Å²) in [5.74, 6) is -0.143. The van der Waals surface area contributed by atoms with Gasteiger partial charge in [-0.25, -0.2) is 0 Å². The summed E-state index contributed by atoms with van der Waals surface area (Å²) in [7, 11) is 0. The molecule has 0 unspecified atom stereocenters. The van der Waals surface area contributed by atoms with Gasteiger partial charge in [-0.3, -0.25) is 9.59 Å². The monoisotopic (exact) mass is 253 g/mol. The molecule has 0 radical (unpaired) electrons. The zero-order valence-corrected chi connectivity index (χ0v) is 10.9. The van der Waals surface area contributed by atoms with E-state index >= 15 is 0 Å². The van der Waals surface area contributed by atoms with E-state index in [-0.39, 0.29) is 11.7 Å². The van der Waals surface area contributed by atoms with Gasteiger partial charge in [0.05, 0.1) is 0 Å². The van der Waals surface area contributed by atoms with Gasteiger partial charge in [0.1, 0.15) is 0 Å². The van der Waals surface area contributed by atoms with Gasteiger partial charge in [-0.1, -0.05) is 23.8 Å². The predicted molar refractivity (Wildman–Crippen MR) is 75.4 cm³/mol. The number of nitrogens with one attached hydrogen (secondary N) is 1. The fourth-order valence-electron chi connectivity index (χ4n) is 1.86. The van der Waals surface area contributed by atoms with E-state index in [1.54, 1.807) is 30.3 Å². The van der Waals surface area contributed by atoms with Gasteiger partial charge in [-0.05, 0) is 37.3 Å². The Bertz CT molecular complexity index is 615. The molecule has 0 heterocycles. The maximum atomic E-state index is 12.2. The molecule has 3 nitrogen and oxygen atoms in total. The quantitative estimate of drug-likeness (QED) is 0.854. The second kappa shape index (κ2) is 5.48. The van der Waals surface area contributed by atoms with Gasteiger partial charge in [0.2, 0.25) is 5.91 Å². The SMILES string of the molecule is CC(=O)Nc1ccc(C(=O)c2cccc(C)c2)cc1. The van der Waals surface area contributed by atoms with Crippen LogP contribution in [-0.4, -0.2) is 11.7 Å². The Morgan fingerprint density at radius 3 is 2.21 bits per heavy atom. The zero-order chi connectivity index (χ0) is 13.8. The Hall–Kier alpha value is -2.42. The van der Waals surface area contributed by atoms with Crippen molar-refractivity contribution in [2.45, 2.75) is 13.8 Å². The van der Waals surface area contributed by atoms with E-state index in [1.165, 1.54) is 6.92 Å². The van der Waals surface area contributed by atoms with Crippen LogP contribution in [0.25, 0.3) is 0 Å². The van der Waals surface area contributed by atoms with Crippen molar-refractivity contribution in [2.24, 2.45) is 0 Å². The zero-order valence-electron chi connectivity index (χ0n) is 10.9. The van der Waals surface area contributed by atoms with Crippen molar-refractivity contribution in [2.75, 3.05) is 5.32 Å². The molecule has 0 spiro atoms. The van der Waals surface area contributed by atoms with Gasteiger partial charge in [0.25, 0.3) is 0 Å². The van der Waals surface area contributed by atoms with E-state index < -0.39 is 0 Å². The molecule has 0 saturated carbocycles. The van der Waals surface area contributed by atoms with Crippen LogP contribution in [0.5, 0.6) is 0 Å². The van der Waals surface area contributed by atoms with Crippen LogP contribution in [0.2, 0.25) is 0 Å². The smallest absolute Gasteiger partial charge is 0.221 e. The Morgan fingerprint density at radius 2 is 1.63 bits per heavy atom. The lowest BCUT2D eigenvalue weighted by Crippen LogP contribution is -2.06. The minimum Gasteiger partial charge on any atom is -0.326 e. The molecule has 0 aromatic heterocycles. The lowest BCUT2D eigenvalue weighted by molar-refractivity contribution is -0.114. The van der Waals surface area contributed by atoms with Crippen LogP contribution in [0.1, 0.15) is 28.4 Å². The predicted octanol–water partition coefficient (Wildman–Crippen LogP) is 3.18. The van der Waals surface area contributed by atoms with Crippen LogP contribution in [-0.2, 0) is 4.79 Å². The number of aryl methyl sites for hydroxylation is 1. The number of hydrogen-bond acceptors (Lipinski definition) is 2. The van der Waals surface area contributed by atoms with E-state index in [0.717, 1.165) is 5.56 Å². The third-order valence-corrected chi connectivity index (χ3v) is 2.75. The average Bonchev–Trinajstić information content (AvgIpc) is 2.38. The second-order valence-electron chi connectivity index (χ2n) is 4.46. The molecule has 1 amide bonds. The Morgan fingerprint density at radius 1 is 0.947 bits per heavy atom. The summed E-state index contributed by atoms with van der Waals surface area (Å²) in [6.07, 6.45) is 0. The fraction of sp³-hybridized carbons (Fsp3) is 0.125. The average molecular weight is 253 g/mol. The van der Waals surface area contributed by atoms with E-state index in [2.05, 4.69) is 5.32 Å². The Balaban J connectivity index is 2.22. The molecule has 96 valence electrons. The summed E-state index contributed by atoms with van der Waals surface area (Å²) in [6.45, 7) is 3.41. The van der Waals surface area contributed by atoms with Crippen LogP contribution < -0.4 is 5.32 Å². The number of rotatable bonds is 3. The van der Waals surface area contributed by atoms with Crippen molar-refractivity contribution >= 4 is 17.4 Å². The highest BCUT2D eigenvalue weighted by Gasteiger charge is 2.08. The van der Waals surface area contributed by atoms with Crippen molar-refractivity contribution in [3.8, 4) is 0 Å². The third-order valence-electron chi connectivity index (χ3n) is 2.75. The molecule has 3 heteroatoms.